The molecule has 0 radical (unpaired) electrons. The first-order valence-corrected chi connectivity index (χ1v) is 8.40. The molecular weight excluding hydrogens is 260 g/mol. The SMILES string of the molecule is CCNC(c1cncc(OC(C)C)c1)C1(C)CCCCC1. The van der Waals surface area contributed by atoms with E-state index in [1.54, 1.807) is 0 Å². The fraction of sp³-hybridized carbons (Fsp3) is 0.722. The fourth-order valence-electron chi connectivity index (χ4n) is 3.55. The molecule has 1 aliphatic rings. The van der Waals surface area contributed by atoms with Crippen molar-refractivity contribution >= 4 is 0 Å². The van der Waals surface area contributed by atoms with Crippen LogP contribution in [-0.4, -0.2) is 17.6 Å². The summed E-state index contributed by atoms with van der Waals surface area (Å²) >= 11 is 0. The monoisotopic (exact) mass is 290 g/mol. The van der Waals surface area contributed by atoms with Crippen LogP contribution < -0.4 is 10.1 Å². The highest BCUT2D eigenvalue weighted by Crippen LogP contribution is 2.45. The van der Waals surface area contributed by atoms with Crippen molar-refractivity contribution in [1.29, 1.82) is 0 Å². The molecule has 0 bridgehead atoms. The minimum Gasteiger partial charge on any atom is -0.489 e. The summed E-state index contributed by atoms with van der Waals surface area (Å²) in [5.74, 6) is 0.879. The van der Waals surface area contributed by atoms with E-state index >= 15 is 0 Å². The summed E-state index contributed by atoms with van der Waals surface area (Å²) in [5.41, 5.74) is 1.59. The van der Waals surface area contributed by atoms with Crippen molar-refractivity contribution in [3.63, 3.8) is 0 Å². The zero-order chi connectivity index (χ0) is 15.3. The second-order valence-electron chi connectivity index (χ2n) is 6.83. The summed E-state index contributed by atoms with van der Waals surface area (Å²) in [4.78, 5) is 4.40. The van der Waals surface area contributed by atoms with Gasteiger partial charge in [-0.3, -0.25) is 4.98 Å². The van der Waals surface area contributed by atoms with Gasteiger partial charge in [0.25, 0.3) is 0 Å². The van der Waals surface area contributed by atoms with Gasteiger partial charge in [0.05, 0.1) is 12.3 Å². The van der Waals surface area contributed by atoms with Crippen molar-refractivity contribution < 1.29 is 4.74 Å². The molecule has 0 amide bonds. The van der Waals surface area contributed by atoms with Crippen LogP contribution >= 0.6 is 0 Å². The van der Waals surface area contributed by atoms with E-state index in [2.05, 4.69) is 44.1 Å². The highest BCUT2D eigenvalue weighted by molar-refractivity contribution is 5.27. The zero-order valence-electron chi connectivity index (χ0n) is 14.0. The summed E-state index contributed by atoms with van der Waals surface area (Å²) < 4.78 is 5.81. The molecule has 1 aromatic rings. The Balaban J connectivity index is 2.24. The predicted molar refractivity (Wildman–Crippen MR) is 87.6 cm³/mol. The lowest BCUT2D eigenvalue weighted by molar-refractivity contribution is 0.145. The molecule has 1 aliphatic carbocycles. The Morgan fingerprint density at radius 3 is 2.57 bits per heavy atom. The summed E-state index contributed by atoms with van der Waals surface area (Å²) in [5, 5.41) is 3.69. The summed E-state index contributed by atoms with van der Waals surface area (Å²) in [6.45, 7) is 9.69. The number of hydrogen-bond acceptors (Lipinski definition) is 3. The first kappa shape index (κ1) is 16.3. The van der Waals surface area contributed by atoms with Gasteiger partial charge in [-0.05, 0) is 50.3 Å². The molecule has 1 saturated carbocycles. The Bertz CT molecular complexity index is 439. The summed E-state index contributed by atoms with van der Waals surface area (Å²) in [6, 6.07) is 2.53. The van der Waals surface area contributed by atoms with Gasteiger partial charge >= 0.3 is 0 Å². The summed E-state index contributed by atoms with van der Waals surface area (Å²) in [6.07, 6.45) is 10.6. The van der Waals surface area contributed by atoms with Gasteiger partial charge in [0.1, 0.15) is 5.75 Å². The molecule has 2 rings (SSSR count). The van der Waals surface area contributed by atoms with Crippen LogP contribution in [0.3, 0.4) is 0 Å². The molecular formula is C18H30N2O. The number of ether oxygens (including phenoxy) is 1. The van der Waals surface area contributed by atoms with Gasteiger partial charge in [0, 0.05) is 12.2 Å². The molecule has 1 aromatic heterocycles. The molecule has 118 valence electrons. The van der Waals surface area contributed by atoms with Crippen LogP contribution in [-0.2, 0) is 0 Å². The fourth-order valence-corrected chi connectivity index (χ4v) is 3.55. The van der Waals surface area contributed by atoms with Crippen molar-refractivity contribution in [2.24, 2.45) is 5.41 Å². The highest BCUT2D eigenvalue weighted by atomic mass is 16.5. The molecule has 1 fully saturated rings. The van der Waals surface area contributed by atoms with E-state index < -0.39 is 0 Å². The molecule has 0 saturated heterocycles. The standard InChI is InChI=1S/C18H30N2O/c1-5-20-17(18(4)9-7-6-8-10-18)15-11-16(13-19-12-15)21-14(2)3/h11-14,17,20H,5-10H2,1-4H3. The molecule has 1 N–H and O–H groups in total. The number of aromatic nitrogens is 1. The maximum Gasteiger partial charge on any atom is 0.138 e. The van der Waals surface area contributed by atoms with E-state index in [0.717, 1.165) is 12.3 Å². The Labute approximate surface area is 129 Å². The van der Waals surface area contributed by atoms with Crippen molar-refractivity contribution in [2.75, 3.05) is 6.54 Å². The quantitative estimate of drug-likeness (QED) is 0.838. The van der Waals surface area contributed by atoms with Crippen LogP contribution in [0.15, 0.2) is 18.5 Å². The normalized spacial score (nSPS) is 19.5. The van der Waals surface area contributed by atoms with Crippen LogP contribution in [0.4, 0.5) is 0 Å². The van der Waals surface area contributed by atoms with E-state index in [4.69, 9.17) is 4.74 Å². The minimum absolute atomic E-state index is 0.185. The van der Waals surface area contributed by atoms with Gasteiger partial charge in [0.15, 0.2) is 0 Å². The minimum atomic E-state index is 0.185. The van der Waals surface area contributed by atoms with Crippen LogP contribution in [0.25, 0.3) is 0 Å². The Hall–Kier alpha value is -1.09. The number of hydrogen-bond donors (Lipinski definition) is 1. The molecule has 3 nitrogen and oxygen atoms in total. The average molecular weight is 290 g/mol. The Morgan fingerprint density at radius 2 is 1.95 bits per heavy atom. The van der Waals surface area contributed by atoms with Crippen LogP contribution in [0.5, 0.6) is 5.75 Å². The number of rotatable bonds is 6. The third kappa shape index (κ3) is 4.19. The molecule has 3 heteroatoms. The number of nitrogens with one attached hydrogen (secondary N) is 1. The lowest BCUT2D eigenvalue weighted by Gasteiger charge is -2.41. The van der Waals surface area contributed by atoms with E-state index in [9.17, 15) is 0 Å². The predicted octanol–water partition coefficient (Wildman–Crippen LogP) is 4.49. The molecule has 1 unspecified atom stereocenters. The van der Waals surface area contributed by atoms with E-state index in [1.807, 2.05) is 12.4 Å². The largest absolute Gasteiger partial charge is 0.489 e. The third-order valence-corrected chi connectivity index (χ3v) is 4.54. The molecule has 1 heterocycles. The smallest absolute Gasteiger partial charge is 0.138 e. The van der Waals surface area contributed by atoms with Gasteiger partial charge in [-0.15, -0.1) is 0 Å². The topological polar surface area (TPSA) is 34.2 Å². The average Bonchev–Trinajstić information content (AvgIpc) is 2.45. The second kappa shape index (κ2) is 7.26. The van der Waals surface area contributed by atoms with Crippen LogP contribution in [0.2, 0.25) is 0 Å². The van der Waals surface area contributed by atoms with Crippen molar-refractivity contribution in [3.8, 4) is 5.75 Å². The first-order chi connectivity index (χ1) is 10.0. The molecule has 0 spiro atoms. The Morgan fingerprint density at radius 1 is 1.24 bits per heavy atom. The summed E-state index contributed by atoms with van der Waals surface area (Å²) in [7, 11) is 0. The first-order valence-electron chi connectivity index (χ1n) is 8.40. The van der Waals surface area contributed by atoms with E-state index in [0.29, 0.717) is 11.5 Å². The van der Waals surface area contributed by atoms with E-state index in [-0.39, 0.29) is 6.10 Å². The van der Waals surface area contributed by atoms with Crippen molar-refractivity contribution in [1.82, 2.24) is 10.3 Å². The zero-order valence-corrected chi connectivity index (χ0v) is 14.0. The Kier molecular flexibility index (Phi) is 5.63. The lowest BCUT2D eigenvalue weighted by Crippen LogP contribution is -2.37. The lowest BCUT2D eigenvalue weighted by atomic mass is 9.69. The number of nitrogens with zero attached hydrogens (tertiary/aromatic N) is 1. The van der Waals surface area contributed by atoms with Crippen molar-refractivity contribution in [3.05, 3.63) is 24.0 Å². The van der Waals surface area contributed by atoms with Crippen LogP contribution in [0.1, 0.15) is 71.4 Å². The number of pyridine rings is 1. The second-order valence-corrected chi connectivity index (χ2v) is 6.83. The van der Waals surface area contributed by atoms with Gasteiger partial charge in [-0.1, -0.05) is 33.1 Å². The maximum atomic E-state index is 5.81. The maximum absolute atomic E-state index is 5.81. The van der Waals surface area contributed by atoms with E-state index in [1.165, 1.54) is 37.7 Å². The molecule has 21 heavy (non-hydrogen) atoms. The van der Waals surface area contributed by atoms with Gasteiger partial charge in [-0.2, -0.15) is 0 Å². The van der Waals surface area contributed by atoms with Gasteiger partial charge in [0.2, 0.25) is 0 Å². The third-order valence-electron chi connectivity index (χ3n) is 4.54. The van der Waals surface area contributed by atoms with Gasteiger partial charge < -0.3 is 10.1 Å². The van der Waals surface area contributed by atoms with Gasteiger partial charge in [-0.25, -0.2) is 0 Å². The molecule has 0 aromatic carbocycles. The molecule has 1 atom stereocenters. The highest BCUT2D eigenvalue weighted by Gasteiger charge is 2.36. The van der Waals surface area contributed by atoms with Crippen LogP contribution in [0, 0.1) is 5.41 Å². The van der Waals surface area contributed by atoms with Crippen molar-refractivity contribution in [2.45, 2.75) is 71.9 Å². The molecule has 0 aliphatic heterocycles.